The summed E-state index contributed by atoms with van der Waals surface area (Å²) in [4.78, 5) is 24.9. The molecule has 3 rings (SSSR count). The molecule has 0 aliphatic rings. The summed E-state index contributed by atoms with van der Waals surface area (Å²) in [6.07, 6.45) is 0.362. The van der Waals surface area contributed by atoms with Gasteiger partial charge in [-0.25, -0.2) is 13.2 Å². The summed E-state index contributed by atoms with van der Waals surface area (Å²) < 4.78 is 29.0. The number of hydrogen-bond donors (Lipinski definition) is 3. The van der Waals surface area contributed by atoms with Crippen LogP contribution in [0, 0.1) is 0 Å². The third kappa shape index (κ3) is 7.04. The van der Waals surface area contributed by atoms with Crippen molar-refractivity contribution in [3.8, 4) is 0 Å². The van der Waals surface area contributed by atoms with E-state index in [-0.39, 0.29) is 40.0 Å². The average molecular weight is 488 g/mol. The van der Waals surface area contributed by atoms with Crippen LogP contribution in [-0.4, -0.2) is 26.7 Å². The molecule has 0 saturated heterocycles. The molecule has 0 heterocycles. The Morgan fingerprint density at radius 2 is 1.64 bits per heavy atom. The Hall–Kier alpha value is -3.40. The van der Waals surface area contributed by atoms with Crippen molar-refractivity contribution in [3.05, 3.63) is 88.4 Å². The van der Waals surface area contributed by atoms with E-state index in [2.05, 4.69) is 10.6 Å². The maximum atomic E-state index is 12.8. The van der Waals surface area contributed by atoms with Crippen molar-refractivity contribution in [3.63, 3.8) is 0 Å². The van der Waals surface area contributed by atoms with Crippen molar-refractivity contribution in [2.75, 3.05) is 16.9 Å². The van der Waals surface area contributed by atoms with Gasteiger partial charge in [-0.3, -0.25) is 10.1 Å². The van der Waals surface area contributed by atoms with Crippen LogP contribution in [0.15, 0.2) is 71.6 Å². The first-order valence-corrected chi connectivity index (χ1v) is 12.0. The topological polar surface area (TPSA) is 128 Å². The van der Waals surface area contributed by atoms with E-state index >= 15 is 0 Å². The fraction of sp³-hybridized carbons (Fsp3) is 0.130. The number of ether oxygens (including phenoxy) is 1. The second-order valence-electron chi connectivity index (χ2n) is 7.21. The first kappa shape index (κ1) is 24.2. The van der Waals surface area contributed by atoms with Gasteiger partial charge < -0.3 is 15.8 Å². The SMILES string of the molecule is CS(=O)(=O)c1cc(CN)cc(NC(=O)c2cc(Cl)cc(NC(=O)OCc3ccccc3)c2)c1. The summed E-state index contributed by atoms with van der Waals surface area (Å²) >= 11 is 6.12. The molecule has 0 spiro atoms. The molecule has 4 N–H and O–H groups in total. The van der Waals surface area contributed by atoms with Gasteiger partial charge in [0.2, 0.25) is 0 Å². The van der Waals surface area contributed by atoms with Crippen molar-refractivity contribution in [1.29, 1.82) is 0 Å². The minimum absolute atomic E-state index is 0.0374. The largest absolute Gasteiger partial charge is 0.444 e. The molecule has 0 atom stereocenters. The molecule has 0 aromatic heterocycles. The lowest BCUT2D eigenvalue weighted by molar-refractivity contribution is 0.102. The van der Waals surface area contributed by atoms with E-state index in [1.54, 1.807) is 6.07 Å². The van der Waals surface area contributed by atoms with Crippen LogP contribution < -0.4 is 16.4 Å². The zero-order chi connectivity index (χ0) is 24.0. The van der Waals surface area contributed by atoms with Crippen LogP contribution in [0.5, 0.6) is 0 Å². The maximum absolute atomic E-state index is 12.8. The summed E-state index contributed by atoms with van der Waals surface area (Å²) in [6, 6.07) is 17.9. The van der Waals surface area contributed by atoms with Gasteiger partial charge in [0.15, 0.2) is 9.84 Å². The van der Waals surface area contributed by atoms with E-state index in [0.717, 1.165) is 11.8 Å². The molecule has 3 aromatic carbocycles. The summed E-state index contributed by atoms with van der Waals surface area (Å²) in [7, 11) is -3.50. The molecule has 0 fully saturated rings. The maximum Gasteiger partial charge on any atom is 0.411 e. The summed E-state index contributed by atoms with van der Waals surface area (Å²) in [5.74, 6) is -0.549. The molecule has 33 heavy (non-hydrogen) atoms. The predicted molar refractivity (Wildman–Crippen MR) is 127 cm³/mol. The first-order chi connectivity index (χ1) is 15.6. The summed E-state index contributed by atoms with van der Waals surface area (Å²) in [5.41, 5.74) is 7.69. The third-order valence-corrected chi connectivity index (χ3v) is 5.82. The monoisotopic (exact) mass is 487 g/mol. The van der Waals surface area contributed by atoms with Gasteiger partial charge in [-0.05, 0) is 47.5 Å². The number of sulfone groups is 1. The summed E-state index contributed by atoms with van der Waals surface area (Å²) in [5, 5.41) is 5.39. The van der Waals surface area contributed by atoms with Gasteiger partial charge in [0.1, 0.15) is 6.61 Å². The fourth-order valence-corrected chi connectivity index (χ4v) is 3.88. The van der Waals surface area contributed by atoms with Gasteiger partial charge >= 0.3 is 6.09 Å². The first-order valence-electron chi connectivity index (χ1n) is 9.78. The van der Waals surface area contributed by atoms with Gasteiger partial charge in [0.25, 0.3) is 5.91 Å². The highest BCUT2D eigenvalue weighted by Crippen LogP contribution is 2.23. The lowest BCUT2D eigenvalue weighted by atomic mass is 10.1. The molecule has 8 nitrogen and oxygen atoms in total. The van der Waals surface area contributed by atoms with Crippen LogP contribution in [-0.2, 0) is 27.7 Å². The highest BCUT2D eigenvalue weighted by Gasteiger charge is 2.14. The molecule has 3 aromatic rings. The number of rotatable bonds is 7. The lowest BCUT2D eigenvalue weighted by Crippen LogP contribution is -2.16. The number of amides is 2. The van der Waals surface area contributed by atoms with E-state index < -0.39 is 21.8 Å². The zero-order valence-corrected chi connectivity index (χ0v) is 19.2. The predicted octanol–water partition coefficient (Wildman–Crippen LogP) is 4.20. The van der Waals surface area contributed by atoms with Crippen LogP contribution >= 0.6 is 11.6 Å². The number of carbonyl (C=O) groups excluding carboxylic acids is 2. The Labute approximate surface area is 196 Å². The quantitative estimate of drug-likeness (QED) is 0.458. The smallest absolute Gasteiger partial charge is 0.411 e. The Bertz CT molecular complexity index is 1280. The molecule has 0 aliphatic carbocycles. The molecule has 0 aliphatic heterocycles. The molecule has 172 valence electrons. The van der Waals surface area contributed by atoms with Crippen LogP contribution in [0.4, 0.5) is 16.2 Å². The summed E-state index contributed by atoms with van der Waals surface area (Å²) in [6.45, 7) is 0.184. The lowest BCUT2D eigenvalue weighted by Gasteiger charge is -2.12. The zero-order valence-electron chi connectivity index (χ0n) is 17.7. The van der Waals surface area contributed by atoms with Crippen LogP contribution in [0.2, 0.25) is 5.02 Å². The number of carbonyl (C=O) groups is 2. The van der Waals surface area contributed by atoms with E-state index in [4.69, 9.17) is 22.1 Å². The molecule has 0 saturated carbocycles. The number of benzene rings is 3. The van der Waals surface area contributed by atoms with E-state index in [1.807, 2.05) is 30.3 Å². The Kier molecular flexibility index (Phi) is 7.70. The van der Waals surface area contributed by atoms with Gasteiger partial charge in [-0.1, -0.05) is 41.9 Å². The molecular formula is C23H22ClN3O5S. The van der Waals surface area contributed by atoms with E-state index in [9.17, 15) is 18.0 Å². The number of hydrogen-bond acceptors (Lipinski definition) is 6. The van der Waals surface area contributed by atoms with Crippen LogP contribution in [0.3, 0.4) is 0 Å². The molecule has 10 heteroatoms. The second kappa shape index (κ2) is 10.5. The highest BCUT2D eigenvalue weighted by molar-refractivity contribution is 7.90. The van der Waals surface area contributed by atoms with Crippen molar-refractivity contribution < 1.29 is 22.7 Å². The van der Waals surface area contributed by atoms with Gasteiger partial charge in [0.05, 0.1) is 4.90 Å². The van der Waals surface area contributed by atoms with Crippen LogP contribution in [0.1, 0.15) is 21.5 Å². The minimum atomic E-state index is -3.50. The fourth-order valence-electron chi connectivity index (χ4n) is 2.94. The Morgan fingerprint density at radius 1 is 0.939 bits per heavy atom. The number of nitrogens with one attached hydrogen (secondary N) is 2. The highest BCUT2D eigenvalue weighted by atomic mass is 35.5. The number of nitrogens with two attached hydrogens (primary N) is 1. The molecular weight excluding hydrogens is 466 g/mol. The van der Waals surface area contributed by atoms with Gasteiger partial charge in [-0.15, -0.1) is 0 Å². The third-order valence-electron chi connectivity index (χ3n) is 4.51. The van der Waals surface area contributed by atoms with Crippen molar-refractivity contribution in [1.82, 2.24) is 0 Å². The van der Waals surface area contributed by atoms with Crippen LogP contribution in [0.25, 0.3) is 0 Å². The van der Waals surface area contributed by atoms with Crippen molar-refractivity contribution >= 4 is 44.8 Å². The standard InChI is InChI=1S/C23H22ClN3O5S/c1-33(30,31)21-8-16(13-25)7-19(12-21)26-22(28)17-9-18(24)11-20(10-17)27-23(29)32-14-15-5-3-2-4-6-15/h2-12H,13-14,25H2,1H3,(H,26,28)(H,27,29). The molecule has 0 radical (unpaired) electrons. The second-order valence-corrected chi connectivity index (χ2v) is 9.66. The number of anilines is 2. The van der Waals surface area contributed by atoms with E-state index in [1.165, 1.54) is 30.3 Å². The van der Waals surface area contributed by atoms with Crippen molar-refractivity contribution in [2.45, 2.75) is 18.0 Å². The minimum Gasteiger partial charge on any atom is -0.444 e. The normalized spacial score (nSPS) is 11.0. The number of halogens is 1. The van der Waals surface area contributed by atoms with Crippen molar-refractivity contribution in [2.24, 2.45) is 5.73 Å². The molecule has 2 amide bonds. The Morgan fingerprint density at radius 3 is 2.30 bits per heavy atom. The Balaban J connectivity index is 1.73. The van der Waals surface area contributed by atoms with Gasteiger partial charge in [0, 0.05) is 34.8 Å². The van der Waals surface area contributed by atoms with Gasteiger partial charge in [-0.2, -0.15) is 0 Å². The van der Waals surface area contributed by atoms with E-state index in [0.29, 0.717) is 5.56 Å². The average Bonchev–Trinajstić information content (AvgIpc) is 2.77. The molecule has 0 bridgehead atoms. The molecule has 0 unspecified atom stereocenters.